The molecule has 0 spiro atoms. The second kappa shape index (κ2) is 4.62. The molecule has 0 fully saturated rings. The average Bonchev–Trinajstić information content (AvgIpc) is 2.17. The molecule has 0 aromatic heterocycles. The molecule has 0 saturated carbocycles. The topological polar surface area (TPSA) is 55.8 Å². The number of rotatable bonds is 4. The molecule has 0 amide bonds. The Morgan fingerprint density at radius 1 is 1.50 bits per heavy atom. The molecule has 1 aromatic rings. The minimum absolute atomic E-state index is 0.264. The lowest BCUT2D eigenvalue weighted by Crippen LogP contribution is -2.11. The van der Waals surface area contributed by atoms with Crippen LogP contribution in [-0.4, -0.2) is 24.8 Å². The lowest BCUT2D eigenvalue weighted by Gasteiger charge is -2.13. The quantitative estimate of drug-likeness (QED) is 0.581. The third-order valence-corrected chi connectivity index (χ3v) is 1.64. The van der Waals surface area contributed by atoms with Crippen LogP contribution in [0.25, 0.3) is 0 Å². The number of hydrogen-bond donors (Lipinski definition) is 1. The Morgan fingerprint density at radius 3 is 2.71 bits per heavy atom. The Balaban J connectivity index is 3.12. The molecule has 1 N–H and O–H groups in total. The first-order valence-corrected chi connectivity index (χ1v) is 4.16. The van der Waals surface area contributed by atoms with Crippen molar-refractivity contribution >= 4 is 6.29 Å². The van der Waals surface area contributed by atoms with Crippen molar-refractivity contribution in [2.45, 2.75) is 13.2 Å². The number of aliphatic hydroxyl groups excluding tert-OH is 1. The van der Waals surface area contributed by atoms with Gasteiger partial charge in [0.15, 0.2) is 24.1 Å². The number of hydrogen-bond acceptors (Lipinski definition) is 4. The van der Waals surface area contributed by atoms with Crippen molar-refractivity contribution in [2.75, 3.05) is 7.11 Å². The van der Waals surface area contributed by atoms with Gasteiger partial charge in [0.05, 0.1) is 12.7 Å². The lowest BCUT2D eigenvalue weighted by atomic mass is 10.2. The molecule has 0 aliphatic carbocycles. The van der Waals surface area contributed by atoms with E-state index in [0.717, 1.165) is 0 Å². The third kappa shape index (κ3) is 2.23. The highest BCUT2D eigenvalue weighted by Gasteiger charge is 2.11. The highest BCUT2D eigenvalue weighted by molar-refractivity contribution is 5.81. The zero-order chi connectivity index (χ0) is 10.6. The second-order valence-electron chi connectivity index (χ2n) is 2.71. The summed E-state index contributed by atoms with van der Waals surface area (Å²) in [7, 11) is 1.47. The van der Waals surface area contributed by atoms with Crippen molar-refractivity contribution in [3.63, 3.8) is 0 Å². The molecule has 4 heteroatoms. The normalized spacial score (nSPS) is 11.9. The Hall–Kier alpha value is -1.55. The zero-order valence-corrected chi connectivity index (χ0v) is 8.06. The highest BCUT2D eigenvalue weighted by Crippen LogP contribution is 2.30. The van der Waals surface area contributed by atoms with Gasteiger partial charge in [0.1, 0.15) is 0 Å². The molecule has 0 heterocycles. The summed E-state index contributed by atoms with van der Waals surface area (Å²) in [4.78, 5) is 10.7. The van der Waals surface area contributed by atoms with Gasteiger partial charge in [0.25, 0.3) is 0 Å². The van der Waals surface area contributed by atoms with E-state index in [4.69, 9.17) is 14.6 Å². The van der Waals surface area contributed by atoms with Crippen molar-refractivity contribution in [3.05, 3.63) is 23.8 Å². The van der Waals surface area contributed by atoms with Gasteiger partial charge >= 0.3 is 0 Å². The SMILES string of the molecule is COc1cccc(C=O)c1OC(C)O. The predicted molar refractivity (Wildman–Crippen MR) is 50.7 cm³/mol. The number of methoxy groups -OCH3 is 1. The fraction of sp³-hybridized carbons (Fsp3) is 0.300. The van der Waals surface area contributed by atoms with Crippen LogP contribution in [0.2, 0.25) is 0 Å². The van der Waals surface area contributed by atoms with Crippen molar-refractivity contribution < 1.29 is 19.4 Å². The molecular formula is C10H12O4. The van der Waals surface area contributed by atoms with Gasteiger partial charge < -0.3 is 14.6 Å². The molecule has 1 aromatic carbocycles. The van der Waals surface area contributed by atoms with Crippen LogP contribution in [0.15, 0.2) is 18.2 Å². The molecule has 4 nitrogen and oxygen atoms in total. The number of aldehydes is 1. The van der Waals surface area contributed by atoms with Crippen molar-refractivity contribution in [1.82, 2.24) is 0 Å². The molecule has 76 valence electrons. The highest BCUT2D eigenvalue weighted by atomic mass is 16.6. The maximum atomic E-state index is 10.7. The van der Waals surface area contributed by atoms with Gasteiger partial charge in [-0.2, -0.15) is 0 Å². The van der Waals surface area contributed by atoms with Crippen LogP contribution >= 0.6 is 0 Å². The van der Waals surface area contributed by atoms with Gasteiger partial charge in [0, 0.05) is 0 Å². The van der Waals surface area contributed by atoms with Crippen LogP contribution in [0.3, 0.4) is 0 Å². The van der Waals surface area contributed by atoms with E-state index in [1.807, 2.05) is 0 Å². The van der Waals surface area contributed by atoms with Gasteiger partial charge in [-0.05, 0) is 19.1 Å². The van der Waals surface area contributed by atoms with E-state index in [2.05, 4.69) is 0 Å². The maximum Gasteiger partial charge on any atom is 0.194 e. The largest absolute Gasteiger partial charge is 0.493 e. The summed E-state index contributed by atoms with van der Waals surface area (Å²) < 4.78 is 10.1. The number of carbonyl (C=O) groups is 1. The smallest absolute Gasteiger partial charge is 0.194 e. The molecular weight excluding hydrogens is 184 g/mol. The summed E-state index contributed by atoms with van der Waals surface area (Å²) >= 11 is 0. The standard InChI is InChI=1S/C10H12O4/c1-7(12)14-10-8(6-11)4-3-5-9(10)13-2/h3-7,12H,1-2H3. The van der Waals surface area contributed by atoms with E-state index in [1.54, 1.807) is 18.2 Å². The molecule has 0 radical (unpaired) electrons. The fourth-order valence-electron chi connectivity index (χ4n) is 1.08. The molecule has 14 heavy (non-hydrogen) atoms. The summed E-state index contributed by atoms with van der Waals surface area (Å²) in [5, 5.41) is 9.05. The third-order valence-electron chi connectivity index (χ3n) is 1.64. The summed E-state index contributed by atoms with van der Waals surface area (Å²) in [6.07, 6.45) is -0.328. The van der Waals surface area contributed by atoms with Crippen LogP contribution in [-0.2, 0) is 0 Å². The van der Waals surface area contributed by atoms with E-state index in [0.29, 0.717) is 17.6 Å². The van der Waals surface area contributed by atoms with Crippen LogP contribution in [0.5, 0.6) is 11.5 Å². The van der Waals surface area contributed by atoms with E-state index in [9.17, 15) is 4.79 Å². The monoisotopic (exact) mass is 196 g/mol. The second-order valence-corrected chi connectivity index (χ2v) is 2.71. The molecule has 0 bridgehead atoms. The number of benzene rings is 1. The summed E-state index contributed by atoms with van der Waals surface area (Å²) in [6, 6.07) is 4.93. The zero-order valence-electron chi connectivity index (χ0n) is 8.06. The van der Waals surface area contributed by atoms with Gasteiger partial charge in [-0.1, -0.05) is 6.07 Å². The minimum Gasteiger partial charge on any atom is -0.493 e. The first kappa shape index (κ1) is 10.5. The molecule has 0 saturated heterocycles. The van der Waals surface area contributed by atoms with Crippen molar-refractivity contribution in [2.24, 2.45) is 0 Å². The van der Waals surface area contributed by atoms with Crippen LogP contribution in [0, 0.1) is 0 Å². The summed E-state index contributed by atoms with van der Waals surface area (Å²) in [5.41, 5.74) is 0.352. The Kier molecular flexibility index (Phi) is 3.48. The predicted octanol–water partition coefficient (Wildman–Crippen LogP) is 1.22. The van der Waals surface area contributed by atoms with Crippen molar-refractivity contribution in [1.29, 1.82) is 0 Å². The van der Waals surface area contributed by atoms with E-state index >= 15 is 0 Å². The molecule has 1 atom stereocenters. The lowest BCUT2D eigenvalue weighted by molar-refractivity contribution is -0.00240. The Labute approximate surface area is 82.1 Å². The van der Waals surface area contributed by atoms with Gasteiger partial charge in [0.2, 0.25) is 0 Å². The Morgan fingerprint density at radius 2 is 2.21 bits per heavy atom. The van der Waals surface area contributed by atoms with E-state index < -0.39 is 6.29 Å². The molecule has 0 aliphatic rings. The first-order chi connectivity index (χ1) is 6.69. The van der Waals surface area contributed by atoms with Gasteiger partial charge in [-0.3, -0.25) is 4.79 Å². The van der Waals surface area contributed by atoms with Crippen molar-refractivity contribution in [3.8, 4) is 11.5 Å². The Bertz CT molecular complexity index is 320. The number of ether oxygens (including phenoxy) is 2. The molecule has 1 unspecified atom stereocenters. The minimum atomic E-state index is -0.981. The van der Waals surface area contributed by atoms with Crippen LogP contribution in [0.4, 0.5) is 0 Å². The van der Waals surface area contributed by atoms with Crippen LogP contribution in [0.1, 0.15) is 17.3 Å². The molecule has 0 aliphatic heterocycles. The number of para-hydroxylation sites is 1. The molecule has 1 rings (SSSR count). The van der Waals surface area contributed by atoms with Gasteiger partial charge in [-0.15, -0.1) is 0 Å². The first-order valence-electron chi connectivity index (χ1n) is 4.16. The number of aliphatic hydroxyl groups is 1. The maximum absolute atomic E-state index is 10.7. The van der Waals surface area contributed by atoms with Gasteiger partial charge in [-0.25, -0.2) is 0 Å². The van der Waals surface area contributed by atoms with E-state index in [1.165, 1.54) is 14.0 Å². The summed E-state index contributed by atoms with van der Waals surface area (Å²) in [5.74, 6) is 0.690. The average molecular weight is 196 g/mol. The number of carbonyl (C=O) groups excluding carboxylic acids is 1. The van der Waals surface area contributed by atoms with Crippen LogP contribution < -0.4 is 9.47 Å². The summed E-state index contributed by atoms with van der Waals surface area (Å²) in [6.45, 7) is 1.46. The fourth-order valence-corrected chi connectivity index (χ4v) is 1.08. The van der Waals surface area contributed by atoms with E-state index in [-0.39, 0.29) is 5.75 Å².